The number of benzene rings is 2. The summed E-state index contributed by atoms with van der Waals surface area (Å²) in [5, 5.41) is 7.44. The molecule has 0 radical (unpaired) electrons. The van der Waals surface area contributed by atoms with Gasteiger partial charge in [0.1, 0.15) is 6.61 Å². The monoisotopic (exact) mass is 298 g/mol. The Hall–Kier alpha value is -2.82. The van der Waals surface area contributed by atoms with Gasteiger partial charge in [-0.15, -0.1) is 0 Å². The van der Waals surface area contributed by atoms with Crippen LogP contribution in [-0.4, -0.2) is 25.2 Å². The van der Waals surface area contributed by atoms with Gasteiger partial charge in [-0.1, -0.05) is 43.0 Å². The minimum Gasteiger partial charge on any atom is -0.460 e. The van der Waals surface area contributed by atoms with Crippen molar-refractivity contribution in [2.24, 2.45) is 0 Å². The Morgan fingerprint density at radius 1 is 1.14 bits per heavy atom. The average molecular weight is 298 g/mol. The van der Waals surface area contributed by atoms with E-state index in [2.05, 4.69) is 17.2 Å². The maximum Gasteiger partial charge on any atom is 0.333 e. The molecule has 5 nitrogen and oxygen atoms in total. The lowest BCUT2D eigenvalue weighted by Crippen LogP contribution is -2.32. The Morgan fingerprint density at radius 3 is 2.64 bits per heavy atom. The summed E-state index contributed by atoms with van der Waals surface area (Å²) in [7, 11) is 0. The third kappa shape index (κ3) is 4.09. The third-order valence-corrected chi connectivity index (χ3v) is 3.01. The van der Waals surface area contributed by atoms with Crippen molar-refractivity contribution in [2.45, 2.75) is 6.92 Å². The van der Waals surface area contributed by atoms with E-state index < -0.39 is 5.97 Å². The number of esters is 1. The van der Waals surface area contributed by atoms with E-state index in [9.17, 15) is 9.59 Å². The summed E-state index contributed by atoms with van der Waals surface area (Å²) in [6.07, 6.45) is 0. The molecule has 0 saturated carbocycles. The first-order valence-electron chi connectivity index (χ1n) is 6.93. The van der Waals surface area contributed by atoms with Crippen LogP contribution < -0.4 is 10.6 Å². The molecule has 2 aromatic carbocycles. The molecule has 0 saturated heterocycles. The van der Waals surface area contributed by atoms with E-state index >= 15 is 0 Å². The summed E-state index contributed by atoms with van der Waals surface area (Å²) in [5.41, 5.74) is 1.06. The first kappa shape index (κ1) is 15.6. The van der Waals surface area contributed by atoms with E-state index in [4.69, 9.17) is 4.74 Å². The minimum atomic E-state index is -0.462. The van der Waals surface area contributed by atoms with Gasteiger partial charge in [-0.25, -0.2) is 9.59 Å². The number of hydrogen-bond acceptors (Lipinski definition) is 3. The van der Waals surface area contributed by atoms with Gasteiger partial charge >= 0.3 is 12.0 Å². The first-order chi connectivity index (χ1) is 10.6. The fourth-order valence-corrected chi connectivity index (χ4v) is 1.93. The van der Waals surface area contributed by atoms with Crippen LogP contribution in [0.2, 0.25) is 0 Å². The average Bonchev–Trinajstić information content (AvgIpc) is 2.51. The lowest BCUT2D eigenvalue weighted by Gasteiger charge is -2.10. The highest BCUT2D eigenvalue weighted by atomic mass is 16.5. The van der Waals surface area contributed by atoms with Crippen LogP contribution in [0.1, 0.15) is 6.92 Å². The number of hydrogen-bond donors (Lipinski definition) is 2. The molecule has 5 heteroatoms. The molecule has 2 rings (SSSR count). The van der Waals surface area contributed by atoms with Gasteiger partial charge in [0.05, 0.1) is 12.2 Å². The largest absolute Gasteiger partial charge is 0.460 e. The van der Waals surface area contributed by atoms with Gasteiger partial charge in [-0.3, -0.25) is 0 Å². The van der Waals surface area contributed by atoms with E-state index in [-0.39, 0.29) is 19.2 Å². The van der Waals surface area contributed by atoms with E-state index in [1.807, 2.05) is 42.5 Å². The van der Waals surface area contributed by atoms with E-state index in [0.717, 1.165) is 16.5 Å². The van der Waals surface area contributed by atoms with Crippen molar-refractivity contribution in [3.63, 3.8) is 0 Å². The SMILES string of the molecule is C=C(C)C(=O)OCCNC(=O)Nc1cccc2ccccc12. The van der Waals surface area contributed by atoms with Gasteiger partial charge in [-0.2, -0.15) is 0 Å². The minimum absolute atomic E-state index is 0.106. The molecule has 2 N–H and O–H groups in total. The number of carbonyl (C=O) groups is 2. The number of nitrogens with one attached hydrogen (secondary N) is 2. The Morgan fingerprint density at radius 2 is 1.86 bits per heavy atom. The number of amides is 2. The Bertz CT molecular complexity index is 705. The first-order valence-corrected chi connectivity index (χ1v) is 6.93. The molecule has 2 aromatic rings. The summed E-state index contributed by atoms with van der Waals surface area (Å²) in [6, 6.07) is 13.1. The van der Waals surface area contributed by atoms with Crippen LogP contribution in [0.4, 0.5) is 10.5 Å². The molecule has 2 amide bonds. The third-order valence-electron chi connectivity index (χ3n) is 3.01. The highest BCUT2D eigenvalue weighted by Crippen LogP contribution is 2.22. The maximum atomic E-state index is 11.9. The van der Waals surface area contributed by atoms with Gasteiger partial charge < -0.3 is 15.4 Å². The van der Waals surface area contributed by atoms with Crippen LogP contribution in [0.25, 0.3) is 10.8 Å². The van der Waals surface area contributed by atoms with Crippen LogP contribution in [0.3, 0.4) is 0 Å². The molecule has 0 atom stereocenters. The van der Waals surface area contributed by atoms with Crippen molar-refractivity contribution >= 4 is 28.5 Å². The van der Waals surface area contributed by atoms with Crippen molar-refractivity contribution in [3.8, 4) is 0 Å². The van der Waals surface area contributed by atoms with E-state index in [1.54, 1.807) is 6.92 Å². The normalized spacial score (nSPS) is 10.0. The molecule has 0 aliphatic heterocycles. The maximum absolute atomic E-state index is 11.9. The van der Waals surface area contributed by atoms with Crippen molar-refractivity contribution in [1.29, 1.82) is 0 Å². The second-order valence-corrected chi connectivity index (χ2v) is 4.82. The molecule has 0 unspecified atom stereocenters. The molecule has 22 heavy (non-hydrogen) atoms. The Labute approximate surface area is 129 Å². The molecule has 0 heterocycles. The summed E-state index contributed by atoms with van der Waals surface area (Å²) in [4.78, 5) is 23.0. The number of urea groups is 1. The molecule has 0 aliphatic rings. The second kappa shape index (κ2) is 7.26. The lowest BCUT2D eigenvalue weighted by molar-refractivity contribution is -0.138. The fraction of sp³-hybridized carbons (Fsp3) is 0.176. The van der Waals surface area contributed by atoms with Crippen LogP contribution in [-0.2, 0) is 9.53 Å². The van der Waals surface area contributed by atoms with Crippen molar-refractivity contribution in [3.05, 3.63) is 54.6 Å². The zero-order chi connectivity index (χ0) is 15.9. The molecule has 0 fully saturated rings. The smallest absolute Gasteiger partial charge is 0.333 e. The number of carbonyl (C=O) groups excluding carboxylic acids is 2. The van der Waals surface area contributed by atoms with Crippen molar-refractivity contribution in [1.82, 2.24) is 5.32 Å². The van der Waals surface area contributed by atoms with Crippen molar-refractivity contribution in [2.75, 3.05) is 18.5 Å². The number of fused-ring (bicyclic) bond motifs is 1. The van der Waals surface area contributed by atoms with Crippen LogP contribution in [0.5, 0.6) is 0 Å². The Kier molecular flexibility index (Phi) is 5.14. The van der Waals surface area contributed by atoms with Crippen LogP contribution in [0, 0.1) is 0 Å². The van der Waals surface area contributed by atoms with Gasteiger partial charge in [0.15, 0.2) is 0 Å². The molecule has 0 aromatic heterocycles. The van der Waals surface area contributed by atoms with E-state index in [1.165, 1.54) is 0 Å². The lowest BCUT2D eigenvalue weighted by atomic mass is 10.1. The summed E-state index contributed by atoms with van der Waals surface area (Å²) < 4.78 is 4.89. The highest BCUT2D eigenvalue weighted by molar-refractivity contribution is 6.01. The van der Waals surface area contributed by atoms with Gasteiger partial charge in [0.25, 0.3) is 0 Å². The summed E-state index contributed by atoms with van der Waals surface area (Å²) >= 11 is 0. The quantitative estimate of drug-likeness (QED) is 0.506. The van der Waals surface area contributed by atoms with Gasteiger partial charge in [0.2, 0.25) is 0 Å². The number of anilines is 1. The second-order valence-electron chi connectivity index (χ2n) is 4.82. The number of ether oxygens (including phenoxy) is 1. The molecular weight excluding hydrogens is 280 g/mol. The van der Waals surface area contributed by atoms with Gasteiger partial charge in [0, 0.05) is 11.0 Å². The standard InChI is InChI=1S/C17H18N2O3/c1-12(2)16(20)22-11-10-18-17(21)19-15-9-5-7-13-6-3-4-8-14(13)15/h3-9H,1,10-11H2,2H3,(H2,18,19,21). The van der Waals surface area contributed by atoms with Crippen LogP contribution in [0.15, 0.2) is 54.6 Å². The molecule has 0 bridgehead atoms. The molecule has 114 valence electrons. The van der Waals surface area contributed by atoms with Crippen molar-refractivity contribution < 1.29 is 14.3 Å². The van der Waals surface area contributed by atoms with E-state index in [0.29, 0.717) is 5.57 Å². The fourth-order valence-electron chi connectivity index (χ4n) is 1.93. The number of rotatable bonds is 5. The Balaban J connectivity index is 1.86. The highest BCUT2D eigenvalue weighted by Gasteiger charge is 2.06. The molecule has 0 spiro atoms. The van der Waals surface area contributed by atoms with Crippen LogP contribution >= 0.6 is 0 Å². The predicted octanol–water partition coefficient (Wildman–Crippen LogP) is 3.08. The summed E-state index contributed by atoms with van der Waals surface area (Å²) in [6.45, 7) is 5.39. The molecular formula is C17H18N2O3. The van der Waals surface area contributed by atoms with Gasteiger partial charge in [-0.05, 0) is 18.4 Å². The zero-order valence-electron chi connectivity index (χ0n) is 12.4. The summed E-state index contributed by atoms with van der Waals surface area (Å²) in [5.74, 6) is -0.462. The topological polar surface area (TPSA) is 67.4 Å². The zero-order valence-corrected chi connectivity index (χ0v) is 12.4. The predicted molar refractivity (Wildman–Crippen MR) is 86.7 cm³/mol. The molecule has 0 aliphatic carbocycles.